The fourth-order valence-corrected chi connectivity index (χ4v) is 3.30. The molecule has 0 aliphatic carbocycles. The molecule has 4 rings (SSSR count). The maximum Gasteiger partial charge on any atom is 0.172 e. The first kappa shape index (κ1) is 18.6. The molecule has 0 atom stereocenters. The number of hydrogen-bond acceptors (Lipinski definition) is 5. The van der Waals surface area contributed by atoms with Crippen LogP contribution in [0.15, 0.2) is 53.3 Å². The van der Waals surface area contributed by atoms with Crippen molar-refractivity contribution in [3.05, 3.63) is 70.2 Å². The molecular formula is C20H21BrN6O. The summed E-state index contributed by atoms with van der Waals surface area (Å²) in [7, 11) is 0. The molecule has 0 unspecified atom stereocenters. The van der Waals surface area contributed by atoms with Crippen molar-refractivity contribution in [1.82, 2.24) is 24.4 Å². The molecule has 2 N–H and O–H groups in total. The summed E-state index contributed by atoms with van der Waals surface area (Å²) in [5.74, 6) is 0.764. The number of aryl methyl sites for hydroxylation is 1. The number of benzene rings is 1. The Bertz CT molecular complexity index is 1130. The van der Waals surface area contributed by atoms with Gasteiger partial charge < -0.3 is 10.4 Å². The molecule has 4 aromatic rings. The van der Waals surface area contributed by atoms with Crippen molar-refractivity contribution in [1.29, 1.82) is 0 Å². The second kappa shape index (κ2) is 7.03. The van der Waals surface area contributed by atoms with Gasteiger partial charge in [-0.3, -0.25) is 0 Å². The van der Waals surface area contributed by atoms with Gasteiger partial charge in [-0.15, -0.1) is 0 Å². The monoisotopic (exact) mass is 440 g/mol. The number of anilines is 1. The number of nitrogens with one attached hydrogen (secondary N) is 1. The average molecular weight is 441 g/mol. The summed E-state index contributed by atoms with van der Waals surface area (Å²) in [6.45, 7) is 5.95. The van der Waals surface area contributed by atoms with Gasteiger partial charge in [0.15, 0.2) is 5.65 Å². The predicted octanol–water partition coefficient (Wildman–Crippen LogP) is 3.83. The predicted molar refractivity (Wildman–Crippen MR) is 112 cm³/mol. The largest absolute Gasteiger partial charge is 0.384 e. The van der Waals surface area contributed by atoms with E-state index in [9.17, 15) is 5.11 Å². The number of rotatable bonds is 5. The Labute approximate surface area is 171 Å². The summed E-state index contributed by atoms with van der Waals surface area (Å²) in [5.41, 5.74) is 3.13. The normalized spacial score (nSPS) is 11.9. The number of nitrogens with zero attached hydrogens (tertiary/aromatic N) is 5. The molecule has 7 nitrogen and oxygen atoms in total. The summed E-state index contributed by atoms with van der Waals surface area (Å²) < 4.78 is 4.41. The third kappa shape index (κ3) is 3.53. The van der Waals surface area contributed by atoms with Gasteiger partial charge in [-0.2, -0.15) is 14.7 Å². The van der Waals surface area contributed by atoms with Crippen molar-refractivity contribution in [2.75, 3.05) is 5.32 Å². The fraction of sp³-hybridized carbons (Fsp3) is 0.250. The van der Waals surface area contributed by atoms with Crippen LogP contribution in [0.5, 0.6) is 0 Å². The third-order valence-electron chi connectivity index (χ3n) is 4.47. The van der Waals surface area contributed by atoms with Gasteiger partial charge in [0.1, 0.15) is 11.4 Å². The minimum absolute atomic E-state index is 0.577. The van der Waals surface area contributed by atoms with Crippen LogP contribution >= 0.6 is 15.9 Å². The molecule has 28 heavy (non-hydrogen) atoms. The zero-order chi connectivity index (χ0) is 19.9. The van der Waals surface area contributed by atoms with E-state index in [-0.39, 0.29) is 0 Å². The molecule has 144 valence electrons. The highest BCUT2D eigenvalue weighted by Gasteiger charge is 2.22. The maximum atomic E-state index is 10.5. The summed E-state index contributed by atoms with van der Waals surface area (Å²) in [6, 6.07) is 11.9. The van der Waals surface area contributed by atoms with Crippen LogP contribution in [0.1, 0.15) is 30.8 Å². The Hall–Kier alpha value is -2.71. The van der Waals surface area contributed by atoms with Crippen LogP contribution in [-0.2, 0) is 12.1 Å². The molecule has 0 spiro atoms. The molecule has 3 aromatic heterocycles. The first-order chi connectivity index (χ1) is 13.3. The van der Waals surface area contributed by atoms with E-state index in [2.05, 4.69) is 48.6 Å². The zero-order valence-electron chi connectivity index (χ0n) is 15.9. The molecule has 8 heteroatoms. The van der Waals surface area contributed by atoms with Gasteiger partial charge in [0.05, 0.1) is 21.5 Å². The van der Waals surface area contributed by atoms with E-state index in [1.165, 1.54) is 0 Å². The Kier molecular flexibility index (Phi) is 4.68. The summed E-state index contributed by atoms with van der Waals surface area (Å²) >= 11 is 3.55. The van der Waals surface area contributed by atoms with Crippen LogP contribution < -0.4 is 5.32 Å². The molecule has 0 radical (unpaired) electrons. The van der Waals surface area contributed by atoms with Crippen LogP contribution in [0.3, 0.4) is 0 Å². The van der Waals surface area contributed by atoms with E-state index in [1.807, 2.05) is 42.1 Å². The van der Waals surface area contributed by atoms with E-state index >= 15 is 0 Å². The summed E-state index contributed by atoms with van der Waals surface area (Å²) in [4.78, 5) is 4.58. The number of aromatic nitrogens is 5. The lowest BCUT2D eigenvalue weighted by molar-refractivity contribution is 0.0740. The molecular weight excluding hydrogens is 420 g/mol. The molecule has 0 fully saturated rings. The van der Waals surface area contributed by atoms with Gasteiger partial charge >= 0.3 is 0 Å². The lowest BCUT2D eigenvalue weighted by atomic mass is 10.1. The quantitative estimate of drug-likeness (QED) is 0.492. The Morgan fingerprint density at radius 2 is 2.04 bits per heavy atom. The SMILES string of the molecule is Cc1nn2c(NCc3cccc(-n4cccn4)c3)cc(C(C)(C)O)nc2c1Br. The van der Waals surface area contributed by atoms with Crippen molar-refractivity contribution in [3.8, 4) is 5.69 Å². The Morgan fingerprint density at radius 1 is 1.21 bits per heavy atom. The van der Waals surface area contributed by atoms with Crippen LogP contribution in [0.4, 0.5) is 5.82 Å². The van der Waals surface area contributed by atoms with Crippen molar-refractivity contribution >= 4 is 27.4 Å². The molecule has 0 bridgehead atoms. The highest BCUT2D eigenvalue weighted by Crippen LogP contribution is 2.28. The number of hydrogen-bond donors (Lipinski definition) is 2. The van der Waals surface area contributed by atoms with E-state index in [4.69, 9.17) is 0 Å². The second-order valence-electron chi connectivity index (χ2n) is 7.19. The molecule has 0 amide bonds. The first-order valence-electron chi connectivity index (χ1n) is 8.94. The van der Waals surface area contributed by atoms with Gasteiger partial charge in [-0.05, 0) is 60.5 Å². The first-order valence-corrected chi connectivity index (χ1v) is 9.74. The van der Waals surface area contributed by atoms with Crippen LogP contribution in [-0.4, -0.2) is 29.5 Å². The van der Waals surface area contributed by atoms with Gasteiger partial charge in [-0.25, -0.2) is 9.67 Å². The third-order valence-corrected chi connectivity index (χ3v) is 5.40. The minimum Gasteiger partial charge on any atom is -0.384 e. The van der Waals surface area contributed by atoms with Crippen LogP contribution in [0, 0.1) is 6.92 Å². The Balaban J connectivity index is 1.68. The van der Waals surface area contributed by atoms with Gasteiger partial charge in [0.2, 0.25) is 0 Å². The standard InChI is InChI=1S/C20H21BrN6O/c1-13-18(21)19-24-16(20(2,3)28)11-17(27(19)25-13)22-12-14-6-4-7-15(10-14)26-9-5-8-23-26/h4-11,22,28H,12H2,1-3H3. The van der Waals surface area contributed by atoms with Crippen molar-refractivity contribution in [2.45, 2.75) is 32.9 Å². The summed E-state index contributed by atoms with van der Waals surface area (Å²) in [6.07, 6.45) is 3.67. The Morgan fingerprint density at radius 3 is 2.75 bits per heavy atom. The minimum atomic E-state index is -1.06. The second-order valence-corrected chi connectivity index (χ2v) is 7.99. The number of halogens is 1. The molecule has 1 aromatic carbocycles. The van der Waals surface area contributed by atoms with E-state index in [0.29, 0.717) is 17.9 Å². The van der Waals surface area contributed by atoms with Crippen LogP contribution in [0.2, 0.25) is 0 Å². The summed E-state index contributed by atoms with van der Waals surface area (Å²) in [5, 5.41) is 22.7. The zero-order valence-corrected chi connectivity index (χ0v) is 17.5. The van der Waals surface area contributed by atoms with E-state index in [0.717, 1.165) is 27.2 Å². The highest BCUT2D eigenvalue weighted by molar-refractivity contribution is 9.10. The van der Waals surface area contributed by atoms with E-state index in [1.54, 1.807) is 24.6 Å². The van der Waals surface area contributed by atoms with Gasteiger partial charge in [-0.1, -0.05) is 12.1 Å². The van der Waals surface area contributed by atoms with Crippen LogP contribution in [0.25, 0.3) is 11.3 Å². The van der Waals surface area contributed by atoms with Gasteiger partial charge in [0, 0.05) is 25.0 Å². The molecule has 0 saturated heterocycles. The van der Waals surface area contributed by atoms with Crippen molar-refractivity contribution < 1.29 is 5.11 Å². The number of aliphatic hydroxyl groups is 1. The maximum absolute atomic E-state index is 10.5. The molecule has 0 aliphatic heterocycles. The highest BCUT2D eigenvalue weighted by atomic mass is 79.9. The van der Waals surface area contributed by atoms with Crippen molar-refractivity contribution in [3.63, 3.8) is 0 Å². The number of fused-ring (bicyclic) bond motifs is 1. The van der Waals surface area contributed by atoms with E-state index < -0.39 is 5.60 Å². The molecule has 0 saturated carbocycles. The topological polar surface area (TPSA) is 80.3 Å². The van der Waals surface area contributed by atoms with Crippen molar-refractivity contribution in [2.24, 2.45) is 0 Å². The lowest BCUT2D eigenvalue weighted by Crippen LogP contribution is -2.19. The molecule has 0 aliphatic rings. The lowest BCUT2D eigenvalue weighted by Gasteiger charge is -2.19. The van der Waals surface area contributed by atoms with Gasteiger partial charge in [0.25, 0.3) is 0 Å². The average Bonchev–Trinajstić information content (AvgIpc) is 3.29. The molecule has 3 heterocycles. The smallest absolute Gasteiger partial charge is 0.172 e. The fourth-order valence-electron chi connectivity index (χ4n) is 2.96.